The Morgan fingerprint density at radius 1 is 1.43 bits per heavy atom. The standard InChI is InChI=1S/C7H7ClF3NS.ClH/c8-6-2-1-5(13-6)4(12)3-7(9,10)11;/h1-2,4H,3,12H2;1H/t4-;/m0./s1. The van der Waals surface area contributed by atoms with Crippen LogP contribution in [-0.2, 0) is 0 Å². The van der Waals surface area contributed by atoms with Crippen LogP contribution in [-0.4, -0.2) is 6.18 Å². The van der Waals surface area contributed by atoms with Gasteiger partial charge in [0.1, 0.15) is 0 Å². The molecule has 0 spiro atoms. The quantitative estimate of drug-likeness (QED) is 0.866. The van der Waals surface area contributed by atoms with E-state index < -0.39 is 18.6 Å². The largest absolute Gasteiger partial charge is 0.390 e. The summed E-state index contributed by atoms with van der Waals surface area (Å²) < 4.78 is 36.1. The van der Waals surface area contributed by atoms with Crippen LogP contribution < -0.4 is 5.73 Å². The van der Waals surface area contributed by atoms with Gasteiger partial charge in [-0.1, -0.05) is 11.6 Å². The normalized spacial score (nSPS) is 13.5. The van der Waals surface area contributed by atoms with Crippen molar-refractivity contribution in [2.75, 3.05) is 0 Å². The predicted octanol–water partition coefficient (Wildman–Crippen LogP) is 3.78. The Kier molecular flexibility index (Phi) is 5.22. The molecule has 82 valence electrons. The summed E-state index contributed by atoms with van der Waals surface area (Å²) >= 11 is 6.63. The van der Waals surface area contributed by atoms with Crippen LogP contribution in [0.5, 0.6) is 0 Å². The third-order valence-corrected chi connectivity index (χ3v) is 2.77. The molecule has 0 radical (unpaired) electrons. The maximum absolute atomic E-state index is 11.9. The molecule has 1 nitrogen and oxygen atoms in total. The van der Waals surface area contributed by atoms with Crippen molar-refractivity contribution in [2.45, 2.75) is 18.6 Å². The highest BCUT2D eigenvalue weighted by Gasteiger charge is 2.31. The van der Waals surface area contributed by atoms with E-state index in [9.17, 15) is 13.2 Å². The maximum atomic E-state index is 11.9. The van der Waals surface area contributed by atoms with E-state index in [1.165, 1.54) is 12.1 Å². The molecule has 1 heterocycles. The Bertz CT molecular complexity index is 287. The van der Waals surface area contributed by atoms with Crippen molar-refractivity contribution >= 4 is 35.3 Å². The molecule has 0 aliphatic heterocycles. The highest BCUT2D eigenvalue weighted by molar-refractivity contribution is 7.16. The van der Waals surface area contributed by atoms with Crippen molar-refractivity contribution in [3.05, 3.63) is 21.3 Å². The number of thiophene rings is 1. The molecule has 1 aromatic rings. The second-order valence-electron chi connectivity index (χ2n) is 2.57. The summed E-state index contributed by atoms with van der Waals surface area (Å²) in [5, 5.41) is 0. The summed E-state index contributed by atoms with van der Waals surface area (Å²) in [4.78, 5) is 0.460. The average Bonchev–Trinajstić information content (AvgIpc) is 2.31. The monoisotopic (exact) mass is 265 g/mol. The summed E-state index contributed by atoms with van der Waals surface area (Å²) in [6.07, 6.45) is -5.24. The first-order chi connectivity index (χ1) is 5.88. The number of nitrogens with two attached hydrogens (primary N) is 1. The molecule has 0 aliphatic carbocycles. The third-order valence-electron chi connectivity index (χ3n) is 1.41. The molecule has 1 atom stereocenters. The molecule has 0 aliphatic rings. The van der Waals surface area contributed by atoms with Crippen LogP contribution in [0.15, 0.2) is 12.1 Å². The van der Waals surface area contributed by atoms with E-state index in [0.29, 0.717) is 9.21 Å². The summed E-state index contributed by atoms with van der Waals surface area (Å²) in [6.45, 7) is 0. The van der Waals surface area contributed by atoms with Crippen LogP contribution in [0.4, 0.5) is 13.2 Å². The zero-order valence-electron chi connectivity index (χ0n) is 6.84. The number of halogens is 5. The zero-order valence-corrected chi connectivity index (χ0v) is 9.23. The lowest BCUT2D eigenvalue weighted by Gasteiger charge is -2.11. The Labute approximate surface area is 94.5 Å². The fourth-order valence-corrected chi connectivity index (χ4v) is 1.94. The third kappa shape index (κ3) is 4.50. The molecule has 0 fully saturated rings. The molecule has 0 saturated heterocycles. The molecule has 1 rings (SSSR count). The minimum Gasteiger partial charge on any atom is -0.323 e. The first kappa shape index (κ1) is 14.0. The second-order valence-corrected chi connectivity index (χ2v) is 4.31. The highest BCUT2D eigenvalue weighted by Crippen LogP contribution is 2.32. The fourth-order valence-electron chi connectivity index (χ4n) is 0.878. The smallest absolute Gasteiger partial charge is 0.323 e. The van der Waals surface area contributed by atoms with Gasteiger partial charge in [-0.15, -0.1) is 23.7 Å². The van der Waals surface area contributed by atoms with Crippen molar-refractivity contribution in [2.24, 2.45) is 5.73 Å². The Balaban J connectivity index is 0.00000169. The molecular formula is C7H8Cl2F3NS. The van der Waals surface area contributed by atoms with Crippen LogP contribution in [0.3, 0.4) is 0 Å². The van der Waals surface area contributed by atoms with Crippen molar-refractivity contribution in [3.8, 4) is 0 Å². The Morgan fingerprint density at radius 2 is 2.00 bits per heavy atom. The maximum Gasteiger partial charge on any atom is 0.390 e. The average molecular weight is 266 g/mol. The lowest BCUT2D eigenvalue weighted by molar-refractivity contribution is -0.138. The summed E-state index contributed by atoms with van der Waals surface area (Å²) in [5.74, 6) is 0. The van der Waals surface area contributed by atoms with E-state index in [1.807, 2.05) is 0 Å². The van der Waals surface area contributed by atoms with Crippen LogP contribution in [0.25, 0.3) is 0 Å². The van der Waals surface area contributed by atoms with Crippen LogP contribution in [0.1, 0.15) is 17.3 Å². The first-order valence-electron chi connectivity index (χ1n) is 3.46. The SMILES string of the molecule is Cl.N[C@@H](CC(F)(F)F)c1ccc(Cl)s1. The van der Waals surface area contributed by atoms with Gasteiger partial charge in [0.05, 0.1) is 10.8 Å². The lowest BCUT2D eigenvalue weighted by Crippen LogP contribution is -2.19. The molecule has 0 aromatic carbocycles. The van der Waals surface area contributed by atoms with Crippen LogP contribution in [0, 0.1) is 0 Å². The summed E-state index contributed by atoms with van der Waals surface area (Å²) in [7, 11) is 0. The Morgan fingerprint density at radius 3 is 2.36 bits per heavy atom. The van der Waals surface area contributed by atoms with E-state index in [0.717, 1.165) is 11.3 Å². The lowest BCUT2D eigenvalue weighted by atomic mass is 10.2. The Hall–Kier alpha value is 0.0300. The van der Waals surface area contributed by atoms with Crippen molar-refractivity contribution in [3.63, 3.8) is 0 Å². The number of rotatable bonds is 2. The van der Waals surface area contributed by atoms with Gasteiger partial charge >= 0.3 is 6.18 Å². The van der Waals surface area contributed by atoms with E-state index in [2.05, 4.69) is 0 Å². The number of hydrogen-bond acceptors (Lipinski definition) is 2. The van der Waals surface area contributed by atoms with Gasteiger partial charge in [-0.25, -0.2) is 0 Å². The van der Waals surface area contributed by atoms with E-state index >= 15 is 0 Å². The van der Waals surface area contributed by atoms with Crippen molar-refractivity contribution < 1.29 is 13.2 Å². The molecule has 0 bridgehead atoms. The van der Waals surface area contributed by atoms with Gasteiger partial charge < -0.3 is 5.73 Å². The summed E-state index contributed by atoms with van der Waals surface area (Å²) in [6, 6.07) is 2.05. The van der Waals surface area contributed by atoms with E-state index in [1.54, 1.807) is 0 Å². The molecular weight excluding hydrogens is 258 g/mol. The van der Waals surface area contributed by atoms with Crippen LogP contribution >= 0.6 is 35.3 Å². The molecule has 1 aromatic heterocycles. The second kappa shape index (κ2) is 5.21. The van der Waals surface area contributed by atoms with Gasteiger partial charge in [0.25, 0.3) is 0 Å². The molecule has 7 heteroatoms. The molecule has 0 amide bonds. The molecule has 0 saturated carbocycles. The molecule has 2 N–H and O–H groups in total. The van der Waals surface area contributed by atoms with E-state index in [4.69, 9.17) is 17.3 Å². The van der Waals surface area contributed by atoms with Gasteiger partial charge in [0.15, 0.2) is 0 Å². The summed E-state index contributed by atoms with van der Waals surface area (Å²) in [5.41, 5.74) is 5.33. The topological polar surface area (TPSA) is 26.0 Å². The van der Waals surface area contributed by atoms with Gasteiger partial charge in [-0.3, -0.25) is 0 Å². The van der Waals surface area contributed by atoms with Gasteiger partial charge in [0.2, 0.25) is 0 Å². The zero-order chi connectivity index (χ0) is 10.1. The van der Waals surface area contributed by atoms with Crippen LogP contribution in [0.2, 0.25) is 4.34 Å². The number of hydrogen-bond donors (Lipinski definition) is 1. The minimum atomic E-state index is -4.23. The van der Waals surface area contributed by atoms with Gasteiger partial charge in [0, 0.05) is 10.9 Å². The van der Waals surface area contributed by atoms with Crippen molar-refractivity contribution in [1.82, 2.24) is 0 Å². The minimum absolute atomic E-state index is 0. The van der Waals surface area contributed by atoms with Gasteiger partial charge in [-0.2, -0.15) is 13.2 Å². The highest BCUT2D eigenvalue weighted by atomic mass is 35.5. The van der Waals surface area contributed by atoms with Crippen molar-refractivity contribution in [1.29, 1.82) is 0 Å². The number of alkyl halides is 3. The molecule has 14 heavy (non-hydrogen) atoms. The fraction of sp³-hybridized carbons (Fsp3) is 0.429. The van der Waals surface area contributed by atoms with E-state index in [-0.39, 0.29) is 12.4 Å². The first-order valence-corrected chi connectivity index (χ1v) is 4.65. The molecule has 0 unspecified atom stereocenters. The predicted molar refractivity (Wildman–Crippen MR) is 54.2 cm³/mol. The van der Waals surface area contributed by atoms with Gasteiger partial charge in [-0.05, 0) is 12.1 Å².